The van der Waals surface area contributed by atoms with Gasteiger partial charge >= 0.3 is 0 Å². The van der Waals surface area contributed by atoms with Crippen LogP contribution < -0.4 is 9.47 Å². The fourth-order valence-electron chi connectivity index (χ4n) is 2.44. The predicted molar refractivity (Wildman–Crippen MR) is 102 cm³/mol. The fourth-order valence-corrected chi connectivity index (χ4v) is 2.44. The van der Waals surface area contributed by atoms with Gasteiger partial charge in [-0.3, -0.25) is 4.99 Å². The minimum atomic E-state index is -0.274. The van der Waals surface area contributed by atoms with Gasteiger partial charge in [0.2, 0.25) is 0 Å². The van der Waals surface area contributed by atoms with Gasteiger partial charge in [-0.2, -0.15) is 0 Å². The molecule has 0 aliphatic carbocycles. The maximum atomic E-state index is 13.3. The first-order valence-corrected chi connectivity index (χ1v) is 8.48. The van der Waals surface area contributed by atoms with E-state index >= 15 is 0 Å². The van der Waals surface area contributed by atoms with Crippen LogP contribution in [-0.4, -0.2) is 12.8 Å². The second-order valence-corrected chi connectivity index (χ2v) is 5.65. The molecule has 0 heterocycles. The Kier molecular flexibility index (Phi) is 5.99. The van der Waals surface area contributed by atoms with Crippen LogP contribution in [0.1, 0.15) is 18.1 Å². The molecule has 0 saturated heterocycles. The van der Waals surface area contributed by atoms with Crippen molar-refractivity contribution in [2.75, 3.05) is 6.61 Å². The smallest absolute Gasteiger partial charge is 0.161 e. The molecule has 3 nitrogen and oxygen atoms in total. The topological polar surface area (TPSA) is 30.8 Å². The number of hydrogen-bond acceptors (Lipinski definition) is 3. The van der Waals surface area contributed by atoms with Crippen molar-refractivity contribution < 1.29 is 13.9 Å². The summed E-state index contributed by atoms with van der Waals surface area (Å²) in [5, 5.41) is 0. The van der Waals surface area contributed by atoms with Crippen molar-refractivity contribution in [2.24, 2.45) is 4.99 Å². The molecule has 26 heavy (non-hydrogen) atoms. The minimum absolute atomic E-state index is 0.273. The third-order valence-corrected chi connectivity index (χ3v) is 3.67. The quantitative estimate of drug-likeness (QED) is 0.523. The van der Waals surface area contributed by atoms with Gasteiger partial charge in [-0.25, -0.2) is 4.39 Å². The largest absolute Gasteiger partial charge is 0.490 e. The number of ether oxygens (including phenoxy) is 2. The molecule has 3 rings (SSSR count). The highest BCUT2D eigenvalue weighted by atomic mass is 19.1. The standard InChI is InChI=1S/C22H20FNO2/c1-2-25-22-14-17(15-24-20-9-4-3-5-10-20)11-12-21(22)26-16-18-7-6-8-19(23)13-18/h3-15H,2,16H2,1H3. The monoisotopic (exact) mass is 349 g/mol. The van der Waals surface area contributed by atoms with Crippen LogP contribution in [0.2, 0.25) is 0 Å². The number of hydrogen-bond donors (Lipinski definition) is 0. The predicted octanol–water partition coefficient (Wildman–Crippen LogP) is 5.55. The van der Waals surface area contributed by atoms with Gasteiger partial charge in [0.05, 0.1) is 12.3 Å². The summed E-state index contributed by atoms with van der Waals surface area (Å²) in [7, 11) is 0. The van der Waals surface area contributed by atoms with E-state index in [1.165, 1.54) is 12.1 Å². The summed E-state index contributed by atoms with van der Waals surface area (Å²) in [5.74, 6) is 0.984. The first-order chi connectivity index (χ1) is 12.7. The summed E-state index contributed by atoms with van der Waals surface area (Å²) in [6.45, 7) is 2.71. The van der Waals surface area contributed by atoms with E-state index < -0.39 is 0 Å². The Hall–Kier alpha value is -3.14. The van der Waals surface area contributed by atoms with Crippen molar-refractivity contribution in [1.82, 2.24) is 0 Å². The number of aliphatic imine (C=N–C) groups is 1. The Bertz CT molecular complexity index is 878. The van der Waals surface area contributed by atoms with Gasteiger partial charge in [-0.05, 0) is 60.5 Å². The molecule has 4 heteroatoms. The molecular weight excluding hydrogens is 329 g/mol. The molecule has 0 radical (unpaired) electrons. The number of benzene rings is 3. The molecule has 0 aromatic heterocycles. The fraction of sp³-hybridized carbons (Fsp3) is 0.136. The first-order valence-electron chi connectivity index (χ1n) is 8.48. The third-order valence-electron chi connectivity index (χ3n) is 3.67. The molecule has 0 N–H and O–H groups in total. The van der Waals surface area contributed by atoms with Crippen molar-refractivity contribution in [3.63, 3.8) is 0 Å². The highest BCUT2D eigenvalue weighted by molar-refractivity contribution is 5.83. The van der Waals surface area contributed by atoms with Crippen LogP contribution in [0, 0.1) is 5.82 Å². The molecule has 3 aromatic carbocycles. The summed E-state index contributed by atoms with van der Waals surface area (Å²) >= 11 is 0. The lowest BCUT2D eigenvalue weighted by atomic mass is 10.2. The van der Waals surface area contributed by atoms with Crippen LogP contribution in [0.25, 0.3) is 0 Å². The van der Waals surface area contributed by atoms with Gasteiger partial charge in [-0.1, -0.05) is 30.3 Å². The zero-order chi connectivity index (χ0) is 18.2. The molecule has 0 aliphatic rings. The molecule has 132 valence electrons. The summed E-state index contributed by atoms with van der Waals surface area (Å²) in [4.78, 5) is 4.45. The molecule has 0 atom stereocenters. The molecule has 0 saturated carbocycles. The minimum Gasteiger partial charge on any atom is -0.490 e. The van der Waals surface area contributed by atoms with Crippen molar-refractivity contribution in [1.29, 1.82) is 0 Å². The second kappa shape index (κ2) is 8.81. The van der Waals surface area contributed by atoms with Gasteiger partial charge in [0.15, 0.2) is 11.5 Å². The maximum absolute atomic E-state index is 13.3. The SMILES string of the molecule is CCOc1cc(C=Nc2ccccc2)ccc1OCc1cccc(F)c1. The molecule has 0 amide bonds. The van der Waals surface area contributed by atoms with Gasteiger partial charge in [-0.15, -0.1) is 0 Å². The van der Waals surface area contributed by atoms with Crippen LogP contribution >= 0.6 is 0 Å². The van der Waals surface area contributed by atoms with Crippen molar-refractivity contribution in [2.45, 2.75) is 13.5 Å². The highest BCUT2D eigenvalue weighted by Gasteiger charge is 2.07. The average Bonchev–Trinajstić information content (AvgIpc) is 2.67. The summed E-state index contributed by atoms with van der Waals surface area (Å²) in [5.41, 5.74) is 2.56. The van der Waals surface area contributed by atoms with Gasteiger partial charge < -0.3 is 9.47 Å². The number of rotatable bonds is 7. The van der Waals surface area contributed by atoms with E-state index in [1.54, 1.807) is 12.3 Å². The van der Waals surface area contributed by atoms with Gasteiger partial charge in [0, 0.05) is 6.21 Å². The lowest BCUT2D eigenvalue weighted by molar-refractivity contribution is 0.269. The molecule has 0 bridgehead atoms. The summed E-state index contributed by atoms with van der Waals surface area (Å²) in [6.07, 6.45) is 1.79. The van der Waals surface area contributed by atoms with Crippen LogP contribution in [0.15, 0.2) is 77.8 Å². The van der Waals surface area contributed by atoms with Crippen LogP contribution in [0.5, 0.6) is 11.5 Å². The Morgan fingerprint density at radius 3 is 2.50 bits per heavy atom. The Morgan fingerprint density at radius 1 is 0.885 bits per heavy atom. The molecule has 3 aromatic rings. The molecular formula is C22H20FNO2. The zero-order valence-corrected chi connectivity index (χ0v) is 14.6. The Morgan fingerprint density at radius 2 is 1.73 bits per heavy atom. The van der Waals surface area contributed by atoms with Crippen LogP contribution in [0.4, 0.5) is 10.1 Å². The molecule has 0 unspecified atom stereocenters. The van der Waals surface area contributed by atoms with E-state index in [0.717, 1.165) is 16.8 Å². The number of para-hydroxylation sites is 1. The van der Waals surface area contributed by atoms with Crippen LogP contribution in [-0.2, 0) is 6.61 Å². The van der Waals surface area contributed by atoms with E-state index in [0.29, 0.717) is 18.1 Å². The molecule has 0 fully saturated rings. The Labute approximate surface area is 152 Å². The van der Waals surface area contributed by atoms with Gasteiger partial charge in [0.25, 0.3) is 0 Å². The normalized spacial score (nSPS) is 10.8. The lowest BCUT2D eigenvalue weighted by Crippen LogP contribution is -2.00. The zero-order valence-electron chi connectivity index (χ0n) is 14.6. The molecule has 0 spiro atoms. The average molecular weight is 349 g/mol. The molecule has 0 aliphatic heterocycles. The van der Waals surface area contributed by atoms with Crippen LogP contribution in [0.3, 0.4) is 0 Å². The van der Waals surface area contributed by atoms with Crippen molar-refractivity contribution in [3.8, 4) is 11.5 Å². The van der Waals surface area contributed by atoms with Gasteiger partial charge in [0.1, 0.15) is 12.4 Å². The maximum Gasteiger partial charge on any atom is 0.161 e. The summed E-state index contributed by atoms with van der Waals surface area (Å²) in [6, 6.07) is 21.7. The van der Waals surface area contributed by atoms with E-state index in [2.05, 4.69) is 4.99 Å². The lowest BCUT2D eigenvalue weighted by Gasteiger charge is -2.12. The van der Waals surface area contributed by atoms with E-state index in [-0.39, 0.29) is 12.4 Å². The number of halogens is 1. The van der Waals surface area contributed by atoms with E-state index in [1.807, 2.05) is 61.5 Å². The highest BCUT2D eigenvalue weighted by Crippen LogP contribution is 2.29. The van der Waals surface area contributed by atoms with E-state index in [9.17, 15) is 4.39 Å². The van der Waals surface area contributed by atoms with Crippen molar-refractivity contribution in [3.05, 3.63) is 89.7 Å². The second-order valence-electron chi connectivity index (χ2n) is 5.65. The summed E-state index contributed by atoms with van der Waals surface area (Å²) < 4.78 is 24.8. The van der Waals surface area contributed by atoms with Crippen molar-refractivity contribution >= 4 is 11.9 Å². The number of nitrogens with zero attached hydrogens (tertiary/aromatic N) is 1. The van der Waals surface area contributed by atoms with E-state index in [4.69, 9.17) is 9.47 Å². The Balaban J connectivity index is 1.74. The first kappa shape index (κ1) is 17.7. The third kappa shape index (κ3) is 4.93.